The van der Waals surface area contributed by atoms with E-state index in [0.717, 1.165) is 38.9 Å². The summed E-state index contributed by atoms with van der Waals surface area (Å²) >= 11 is 0. The monoisotopic (exact) mass is 410 g/mol. The summed E-state index contributed by atoms with van der Waals surface area (Å²) in [5.74, 6) is 0.764. The van der Waals surface area contributed by atoms with Crippen molar-refractivity contribution in [2.75, 3.05) is 24.5 Å². The standard InChI is InChI=1S/C20H30N4O3.ClH/c1-13-8-14(2)12-23(11-13)18-5-4-16(10-19(18)24(26)27)20(25)22-17-6-7-21-15(3)9-17;/h4-5,10,13-15,17,21H,6-9,11-12H2,1-3H3,(H,22,25);1H. The zero-order valence-corrected chi connectivity index (χ0v) is 17.6. The molecule has 1 aromatic rings. The van der Waals surface area contributed by atoms with Gasteiger partial charge in [-0.2, -0.15) is 0 Å². The Kier molecular flexibility index (Phi) is 7.66. The van der Waals surface area contributed by atoms with Gasteiger partial charge in [0.15, 0.2) is 0 Å². The number of hydrogen-bond donors (Lipinski definition) is 2. The van der Waals surface area contributed by atoms with Crippen LogP contribution in [0.2, 0.25) is 0 Å². The van der Waals surface area contributed by atoms with E-state index in [0.29, 0.717) is 29.1 Å². The minimum absolute atomic E-state index is 0. The summed E-state index contributed by atoms with van der Waals surface area (Å²) < 4.78 is 0. The number of nitro benzene ring substituents is 1. The van der Waals surface area contributed by atoms with E-state index < -0.39 is 0 Å². The summed E-state index contributed by atoms with van der Waals surface area (Å²) in [5.41, 5.74) is 0.989. The Balaban J connectivity index is 0.00000280. The summed E-state index contributed by atoms with van der Waals surface area (Å²) in [5, 5.41) is 18.1. The molecule has 2 aliphatic heterocycles. The van der Waals surface area contributed by atoms with E-state index in [1.165, 1.54) is 6.07 Å². The lowest BCUT2D eigenvalue weighted by Crippen LogP contribution is -2.46. The first-order chi connectivity index (χ1) is 12.8. The highest BCUT2D eigenvalue weighted by Crippen LogP contribution is 2.33. The molecule has 0 aliphatic carbocycles. The van der Waals surface area contributed by atoms with Crippen LogP contribution < -0.4 is 15.5 Å². The molecule has 8 heteroatoms. The van der Waals surface area contributed by atoms with Gasteiger partial charge in [-0.1, -0.05) is 13.8 Å². The molecule has 2 aliphatic rings. The highest BCUT2D eigenvalue weighted by molar-refractivity contribution is 5.96. The number of nitrogens with one attached hydrogen (secondary N) is 2. The van der Waals surface area contributed by atoms with Crippen LogP contribution in [0.1, 0.15) is 50.4 Å². The van der Waals surface area contributed by atoms with E-state index in [9.17, 15) is 14.9 Å². The summed E-state index contributed by atoms with van der Waals surface area (Å²) in [6.45, 7) is 8.94. The minimum atomic E-state index is -0.372. The molecular formula is C20H31ClN4O3. The van der Waals surface area contributed by atoms with Gasteiger partial charge in [-0.15, -0.1) is 12.4 Å². The Bertz CT molecular complexity index is 705. The van der Waals surface area contributed by atoms with Crippen molar-refractivity contribution in [2.45, 2.75) is 52.1 Å². The molecule has 0 aromatic heterocycles. The Morgan fingerprint density at radius 2 is 1.89 bits per heavy atom. The quantitative estimate of drug-likeness (QED) is 0.587. The van der Waals surface area contributed by atoms with Crippen LogP contribution >= 0.6 is 12.4 Å². The molecule has 2 heterocycles. The number of halogens is 1. The van der Waals surface area contributed by atoms with Crippen molar-refractivity contribution in [3.8, 4) is 0 Å². The van der Waals surface area contributed by atoms with E-state index in [2.05, 4.69) is 36.3 Å². The molecule has 0 bridgehead atoms. The number of nitro groups is 1. The first kappa shape index (κ1) is 22.4. The number of rotatable bonds is 4. The van der Waals surface area contributed by atoms with Gasteiger partial charge in [0.1, 0.15) is 5.69 Å². The fourth-order valence-electron chi connectivity index (χ4n) is 4.47. The predicted molar refractivity (Wildman–Crippen MR) is 113 cm³/mol. The van der Waals surface area contributed by atoms with Crippen LogP contribution in [-0.2, 0) is 0 Å². The number of benzene rings is 1. The van der Waals surface area contributed by atoms with Crippen LogP contribution in [0.4, 0.5) is 11.4 Å². The maximum atomic E-state index is 12.6. The van der Waals surface area contributed by atoms with Gasteiger partial charge in [0.05, 0.1) is 4.92 Å². The van der Waals surface area contributed by atoms with Crippen molar-refractivity contribution in [2.24, 2.45) is 11.8 Å². The molecule has 1 aromatic carbocycles. The molecule has 0 radical (unpaired) electrons. The normalized spacial score (nSPS) is 27.6. The summed E-state index contributed by atoms with van der Waals surface area (Å²) in [7, 11) is 0. The largest absolute Gasteiger partial charge is 0.365 e. The third-order valence-electron chi connectivity index (χ3n) is 5.60. The molecule has 28 heavy (non-hydrogen) atoms. The number of nitrogens with zero attached hydrogens (tertiary/aromatic N) is 2. The van der Waals surface area contributed by atoms with Crippen LogP contribution in [0.3, 0.4) is 0 Å². The zero-order chi connectivity index (χ0) is 19.6. The molecule has 0 saturated carbocycles. The SMILES string of the molecule is CC1CC(C)CN(c2ccc(C(=O)NC3CCNC(C)C3)cc2[N+](=O)[O-])C1.Cl. The Morgan fingerprint density at radius 3 is 2.50 bits per heavy atom. The van der Waals surface area contributed by atoms with Gasteiger partial charge in [0.25, 0.3) is 11.6 Å². The number of amides is 1. The molecular weight excluding hydrogens is 380 g/mol. The summed E-state index contributed by atoms with van der Waals surface area (Å²) in [6, 6.07) is 5.36. The second-order valence-electron chi connectivity index (χ2n) is 8.36. The molecule has 7 nitrogen and oxygen atoms in total. The number of hydrogen-bond acceptors (Lipinski definition) is 5. The molecule has 2 N–H and O–H groups in total. The number of anilines is 1. The Labute approximate surface area is 172 Å². The van der Waals surface area contributed by atoms with E-state index >= 15 is 0 Å². The number of carbonyl (C=O) groups is 1. The highest BCUT2D eigenvalue weighted by Gasteiger charge is 2.28. The average molecular weight is 411 g/mol. The van der Waals surface area contributed by atoms with Crippen molar-refractivity contribution in [3.63, 3.8) is 0 Å². The van der Waals surface area contributed by atoms with E-state index in [-0.39, 0.29) is 35.0 Å². The lowest BCUT2D eigenvalue weighted by molar-refractivity contribution is -0.384. The number of piperidine rings is 2. The smallest absolute Gasteiger partial charge is 0.293 e. The molecule has 156 valence electrons. The van der Waals surface area contributed by atoms with E-state index in [1.807, 2.05) is 0 Å². The molecule has 4 atom stereocenters. The molecule has 1 amide bonds. The topological polar surface area (TPSA) is 87.5 Å². The van der Waals surface area contributed by atoms with Gasteiger partial charge >= 0.3 is 0 Å². The Morgan fingerprint density at radius 1 is 1.21 bits per heavy atom. The van der Waals surface area contributed by atoms with Crippen LogP contribution in [0.15, 0.2) is 18.2 Å². The van der Waals surface area contributed by atoms with Crippen LogP contribution in [0.5, 0.6) is 0 Å². The van der Waals surface area contributed by atoms with Crippen molar-refractivity contribution in [1.29, 1.82) is 0 Å². The highest BCUT2D eigenvalue weighted by atomic mass is 35.5. The van der Waals surface area contributed by atoms with Gasteiger partial charge in [-0.3, -0.25) is 14.9 Å². The summed E-state index contributed by atoms with van der Waals surface area (Å²) in [4.78, 5) is 26.0. The third kappa shape index (κ3) is 5.35. The third-order valence-corrected chi connectivity index (χ3v) is 5.60. The van der Waals surface area contributed by atoms with E-state index in [1.54, 1.807) is 12.1 Å². The fourth-order valence-corrected chi connectivity index (χ4v) is 4.47. The maximum Gasteiger partial charge on any atom is 0.293 e. The molecule has 2 saturated heterocycles. The van der Waals surface area contributed by atoms with Gasteiger partial charge < -0.3 is 15.5 Å². The lowest BCUT2D eigenvalue weighted by Gasteiger charge is -2.36. The fraction of sp³-hybridized carbons (Fsp3) is 0.650. The van der Waals surface area contributed by atoms with Crippen molar-refractivity contribution >= 4 is 29.7 Å². The molecule has 4 unspecified atom stereocenters. The van der Waals surface area contributed by atoms with Crippen LogP contribution in [-0.4, -0.2) is 42.5 Å². The molecule has 2 fully saturated rings. The first-order valence-electron chi connectivity index (χ1n) is 9.91. The molecule has 3 rings (SSSR count). The predicted octanol–water partition coefficient (Wildman–Crippen LogP) is 3.37. The zero-order valence-electron chi connectivity index (χ0n) is 16.8. The van der Waals surface area contributed by atoms with Gasteiger partial charge in [0, 0.05) is 36.8 Å². The van der Waals surface area contributed by atoms with Crippen LogP contribution in [0, 0.1) is 22.0 Å². The van der Waals surface area contributed by atoms with Crippen molar-refractivity contribution < 1.29 is 9.72 Å². The van der Waals surface area contributed by atoms with Crippen LogP contribution in [0.25, 0.3) is 0 Å². The van der Waals surface area contributed by atoms with Gasteiger partial charge in [-0.25, -0.2) is 0 Å². The van der Waals surface area contributed by atoms with E-state index in [4.69, 9.17) is 0 Å². The number of carbonyl (C=O) groups excluding carboxylic acids is 1. The maximum absolute atomic E-state index is 12.6. The second-order valence-corrected chi connectivity index (χ2v) is 8.36. The minimum Gasteiger partial charge on any atom is -0.365 e. The van der Waals surface area contributed by atoms with Gasteiger partial charge in [0.2, 0.25) is 0 Å². The lowest BCUT2D eigenvalue weighted by atomic mass is 9.91. The Hall–Kier alpha value is -1.86. The van der Waals surface area contributed by atoms with Gasteiger partial charge in [-0.05, 0) is 56.7 Å². The second kappa shape index (κ2) is 9.56. The van der Waals surface area contributed by atoms with Crippen molar-refractivity contribution in [3.05, 3.63) is 33.9 Å². The summed E-state index contributed by atoms with van der Waals surface area (Å²) in [6.07, 6.45) is 2.88. The average Bonchev–Trinajstić information content (AvgIpc) is 2.60. The first-order valence-corrected chi connectivity index (χ1v) is 9.91. The van der Waals surface area contributed by atoms with Crippen molar-refractivity contribution in [1.82, 2.24) is 10.6 Å². The molecule has 0 spiro atoms.